The first-order valence-corrected chi connectivity index (χ1v) is 8.58. The van der Waals surface area contributed by atoms with Gasteiger partial charge < -0.3 is 4.43 Å². The maximum atomic E-state index is 11.4. The molecule has 82 valence electrons. The van der Waals surface area contributed by atoms with E-state index in [0.29, 0.717) is 16.3 Å². The SMILES string of the molecule is CC(=O)c1cc(Cl)ccc1O[Si](C)(C)C. The maximum absolute atomic E-state index is 11.4. The fourth-order valence-corrected chi connectivity index (χ4v) is 2.21. The van der Waals surface area contributed by atoms with Crippen LogP contribution in [0.1, 0.15) is 17.3 Å². The lowest BCUT2D eigenvalue weighted by atomic mass is 10.1. The van der Waals surface area contributed by atoms with Crippen molar-refractivity contribution in [3.05, 3.63) is 28.8 Å². The lowest BCUT2D eigenvalue weighted by molar-refractivity contribution is 0.101. The fourth-order valence-electron chi connectivity index (χ4n) is 1.20. The van der Waals surface area contributed by atoms with Crippen molar-refractivity contribution in [2.75, 3.05) is 0 Å². The summed E-state index contributed by atoms with van der Waals surface area (Å²) in [5.41, 5.74) is 0.560. The molecule has 0 saturated heterocycles. The molecule has 0 saturated carbocycles. The van der Waals surface area contributed by atoms with Gasteiger partial charge in [0, 0.05) is 5.02 Å². The number of halogens is 1. The predicted molar refractivity (Wildman–Crippen MR) is 65.4 cm³/mol. The van der Waals surface area contributed by atoms with E-state index in [1.165, 1.54) is 6.92 Å². The molecule has 0 heterocycles. The number of carbonyl (C=O) groups excluding carboxylic acids is 1. The van der Waals surface area contributed by atoms with Crippen LogP contribution in [0, 0.1) is 0 Å². The monoisotopic (exact) mass is 242 g/mol. The van der Waals surface area contributed by atoms with Gasteiger partial charge in [0.25, 0.3) is 0 Å². The van der Waals surface area contributed by atoms with Gasteiger partial charge in [-0.15, -0.1) is 0 Å². The highest BCUT2D eigenvalue weighted by Crippen LogP contribution is 2.25. The zero-order valence-corrected chi connectivity index (χ0v) is 11.2. The molecular weight excluding hydrogens is 228 g/mol. The van der Waals surface area contributed by atoms with Crippen molar-refractivity contribution in [1.82, 2.24) is 0 Å². The van der Waals surface area contributed by atoms with Crippen molar-refractivity contribution in [3.8, 4) is 5.75 Å². The summed E-state index contributed by atoms with van der Waals surface area (Å²) in [6, 6.07) is 5.15. The van der Waals surface area contributed by atoms with Gasteiger partial charge in [0.15, 0.2) is 5.78 Å². The van der Waals surface area contributed by atoms with Gasteiger partial charge in [0.2, 0.25) is 8.32 Å². The highest BCUT2D eigenvalue weighted by molar-refractivity contribution is 6.70. The molecule has 0 atom stereocenters. The predicted octanol–water partition coefficient (Wildman–Crippen LogP) is 3.76. The van der Waals surface area contributed by atoms with E-state index in [9.17, 15) is 4.79 Å². The van der Waals surface area contributed by atoms with Crippen LogP contribution < -0.4 is 4.43 Å². The van der Waals surface area contributed by atoms with Crippen molar-refractivity contribution < 1.29 is 9.22 Å². The minimum Gasteiger partial charge on any atom is -0.544 e. The second kappa shape index (κ2) is 4.37. The third-order valence-electron chi connectivity index (χ3n) is 1.74. The van der Waals surface area contributed by atoms with E-state index in [1.54, 1.807) is 18.2 Å². The average molecular weight is 243 g/mol. The van der Waals surface area contributed by atoms with Gasteiger partial charge in [-0.05, 0) is 44.8 Å². The lowest BCUT2D eigenvalue weighted by Gasteiger charge is -2.21. The van der Waals surface area contributed by atoms with Gasteiger partial charge in [0.1, 0.15) is 5.75 Å². The number of hydrogen-bond donors (Lipinski definition) is 0. The van der Waals surface area contributed by atoms with E-state index in [-0.39, 0.29) is 5.78 Å². The highest BCUT2D eigenvalue weighted by Gasteiger charge is 2.19. The molecule has 2 nitrogen and oxygen atoms in total. The van der Waals surface area contributed by atoms with Crippen molar-refractivity contribution in [1.29, 1.82) is 0 Å². The third kappa shape index (κ3) is 3.68. The Morgan fingerprint density at radius 1 is 1.33 bits per heavy atom. The normalized spacial score (nSPS) is 11.3. The second-order valence-corrected chi connectivity index (χ2v) is 9.28. The topological polar surface area (TPSA) is 26.3 Å². The Morgan fingerprint density at radius 3 is 2.40 bits per heavy atom. The first-order valence-electron chi connectivity index (χ1n) is 4.79. The summed E-state index contributed by atoms with van der Waals surface area (Å²) in [4.78, 5) is 11.4. The van der Waals surface area contributed by atoms with Gasteiger partial charge in [-0.25, -0.2) is 0 Å². The summed E-state index contributed by atoms with van der Waals surface area (Å²) in [7, 11) is -1.69. The fraction of sp³-hybridized carbons (Fsp3) is 0.364. The van der Waals surface area contributed by atoms with E-state index in [2.05, 4.69) is 19.6 Å². The van der Waals surface area contributed by atoms with Crippen LogP contribution in [0.15, 0.2) is 18.2 Å². The van der Waals surface area contributed by atoms with Gasteiger partial charge in [-0.2, -0.15) is 0 Å². The Bertz CT molecular complexity index is 383. The number of benzene rings is 1. The molecule has 0 aromatic heterocycles. The Balaban J connectivity index is 3.12. The van der Waals surface area contributed by atoms with E-state index in [0.717, 1.165) is 0 Å². The standard InChI is InChI=1S/C11H15ClO2Si/c1-8(13)10-7-9(12)5-6-11(10)14-15(2,3)4/h5-7H,1-4H3. The summed E-state index contributed by atoms with van der Waals surface area (Å²) in [5, 5.41) is 0.558. The molecule has 0 aliphatic carbocycles. The summed E-state index contributed by atoms with van der Waals surface area (Å²) in [5.74, 6) is 0.622. The largest absolute Gasteiger partial charge is 0.544 e. The maximum Gasteiger partial charge on any atom is 0.242 e. The summed E-state index contributed by atoms with van der Waals surface area (Å²) < 4.78 is 5.81. The minimum absolute atomic E-state index is 0.0225. The molecule has 0 unspecified atom stereocenters. The van der Waals surface area contributed by atoms with E-state index in [4.69, 9.17) is 16.0 Å². The van der Waals surface area contributed by atoms with Gasteiger partial charge >= 0.3 is 0 Å². The Labute approximate surface area is 96.3 Å². The molecule has 0 fully saturated rings. The van der Waals surface area contributed by atoms with Crippen molar-refractivity contribution >= 4 is 25.7 Å². The second-order valence-electron chi connectivity index (χ2n) is 4.41. The number of carbonyl (C=O) groups is 1. The molecular formula is C11H15ClO2Si. The van der Waals surface area contributed by atoms with Crippen molar-refractivity contribution in [3.63, 3.8) is 0 Å². The molecule has 1 aromatic rings. The van der Waals surface area contributed by atoms with Gasteiger partial charge in [0.05, 0.1) is 5.56 Å². The van der Waals surface area contributed by atoms with Crippen LogP contribution in [-0.4, -0.2) is 14.1 Å². The Kier molecular flexibility index (Phi) is 3.57. The molecule has 0 N–H and O–H groups in total. The Hall–Kier alpha value is -0.803. The minimum atomic E-state index is -1.69. The van der Waals surface area contributed by atoms with Crippen LogP contribution in [0.2, 0.25) is 24.7 Å². The van der Waals surface area contributed by atoms with Crippen molar-refractivity contribution in [2.45, 2.75) is 26.6 Å². The van der Waals surface area contributed by atoms with Crippen LogP contribution in [0.25, 0.3) is 0 Å². The first-order chi connectivity index (χ1) is 6.79. The smallest absolute Gasteiger partial charge is 0.242 e. The Morgan fingerprint density at radius 2 is 1.93 bits per heavy atom. The molecule has 1 rings (SSSR count). The molecule has 0 aliphatic rings. The highest BCUT2D eigenvalue weighted by atomic mass is 35.5. The summed E-state index contributed by atoms with van der Waals surface area (Å²) >= 11 is 5.84. The van der Waals surface area contributed by atoms with Crippen molar-refractivity contribution in [2.24, 2.45) is 0 Å². The quantitative estimate of drug-likeness (QED) is 0.596. The molecule has 4 heteroatoms. The van der Waals surface area contributed by atoms with Crippen LogP contribution in [0.4, 0.5) is 0 Å². The molecule has 0 bridgehead atoms. The van der Waals surface area contributed by atoms with Gasteiger partial charge in [-0.1, -0.05) is 11.6 Å². The lowest BCUT2D eigenvalue weighted by Crippen LogP contribution is -2.30. The zero-order valence-electron chi connectivity index (χ0n) is 9.43. The molecule has 0 amide bonds. The molecule has 15 heavy (non-hydrogen) atoms. The summed E-state index contributed by atoms with van der Waals surface area (Å²) in [6.07, 6.45) is 0. The molecule has 0 radical (unpaired) electrons. The average Bonchev–Trinajstić information content (AvgIpc) is 2.05. The third-order valence-corrected chi connectivity index (χ3v) is 2.80. The zero-order chi connectivity index (χ0) is 11.6. The number of ketones is 1. The van der Waals surface area contributed by atoms with Gasteiger partial charge in [-0.3, -0.25) is 4.79 Å². The van der Waals surface area contributed by atoms with Crippen LogP contribution in [0.5, 0.6) is 5.75 Å². The number of Topliss-reactive ketones (excluding diaryl/α,β-unsaturated/α-hetero) is 1. The van der Waals surface area contributed by atoms with Crippen LogP contribution in [0.3, 0.4) is 0 Å². The van der Waals surface area contributed by atoms with Crippen LogP contribution >= 0.6 is 11.6 Å². The summed E-state index contributed by atoms with van der Waals surface area (Å²) in [6.45, 7) is 7.74. The molecule has 0 spiro atoms. The van der Waals surface area contributed by atoms with E-state index in [1.807, 2.05) is 0 Å². The number of hydrogen-bond acceptors (Lipinski definition) is 2. The molecule has 0 aliphatic heterocycles. The van der Waals surface area contributed by atoms with E-state index < -0.39 is 8.32 Å². The van der Waals surface area contributed by atoms with E-state index >= 15 is 0 Å². The number of rotatable bonds is 3. The first kappa shape index (κ1) is 12.3. The van der Waals surface area contributed by atoms with Crippen LogP contribution in [-0.2, 0) is 0 Å². The molecule has 1 aromatic carbocycles.